The Morgan fingerprint density at radius 2 is 0.548 bits per heavy atom. The van der Waals surface area contributed by atoms with Gasteiger partial charge in [0.2, 0.25) is 0 Å². The summed E-state index contributed by atoms with van der Waals surface area (Å²) >= 11 is 0. The summed E-state index contributed by atoms with van der Waals surface area (Å²) in [5, 5.41) is 0.830. The van der Waals surface area contributed by atoms with Crippen LogP contribution in [-0.2, 0) is 47.8 Å². The lowest BCUT2D eigenvalue weighted by Gasteiger charge is -2.21. The number of amides is 4. The van der Waals surface area contributed by atoms with Gasteiger partial charge in [-0.1, -0.05) is 320 Å². The van der Waals surface area contributed by atoms with E-state index in [-0.39, 0.29) is 25.7 Å². The average Bonchev–Trinajstić information content (AvgIpc) is 4.10. The molecule has 2 fully saturated rings. The van der Waals surface area contributed by atoms with Crippen LogP contribution < -0.4 is 0 Å². The van der Waals surface area contributed by atoms with E-state index >= 15 is 0 Å². The quantitative estimate of drug-likeness (QED) is 0.0423. The number of imide groups is 2. The summed E-state index contributed by atoms with van der Waals surface area (Å²) in [6, 6.07) is 0. The van der Waals surface area contributed by atoms with E-state index < -0.39 is 53.8 Å². The molecule has 0 N–H and O–H groups in total. The average molecular weight is 1190 g/mol. The van der Waals surface area contributed by atoms with Crippen LogP contribution in [0, 0.1) is 11.8 Å². The lowest BCUT2D eigenvalue weighted by Crippen LogP contribution is -2.39. The maximum Gasteiger partial charge on any atom is 0.560 e. The number of carbonyl (C=O) groups is 5. The fourth-order valence-corrected chi connectivity index (χ4v) is 12.0. The molecule has 0 bridgehead atoms. The van der Waals surface area contributed by atoms with Gasteiger partial charge in [0.15, 0.2) is 0 Å². The molecule has 4 amide bonds. The van der Waals surface area contributed by atoms with Gasteiger partial charge >= 0.3 is 6.16 Å². The van der Waals surface area contributed by atoms with Crippen LogP contribution in [0.2, 0.25) is 0 Å². The number of unbranched alkanes of at least 4 members (excludes halogenated alkanes) is 44. The third-order valence-corrected chi connectivity index (χ3v) is 17.4. The van der Waals surface area contributed by atoms with Crippen LogP contribution in [0.15, 0.2) is 0 Å². The van der Waals surface area contributed by atoms with Gasteiger partial charge in [-0.2, -0.15) is 4.79 Å². The second-order valence-corrected chi connectivity index (χ2v) is 25.5. The van der Waals surface area contributed by atoms with Crippen LogP contribution in [0.3, 0.4) is 0 Å². The summed E-state index contributed by atoms with van der Waals surface area (Å²) in [5.41, 5.74) is 0. The summed E-state index contributed by atoms with van der Waals surface area (Å²) in [7, 11) is 0. The lowest BCUT2D eigenvalue weighted by molar-refractivity contribution is -0.199. The van der Waals surface area contributed by atoms with Gasteiger partial charge in [-0.05, 0) is 38.5 Å². The highest BCUT2D eigenvalue weighted by Crippen LogP contribution is 2.29. The van der Waals surface area contributed by atoms with Crippen molar-refractivity contribution in [2.75, 3.05) is 39.6 Å². The maximum absolute atomic E-state index is 13.7. The van der Waals surface area contributed by atoms with E-state index in [0.29, 0.717) is 49.8 Å². The standard InChI is InChI=1S/C71H132N2O11/c1-5-9-13-17-21-25-29-33-37-41-45-49-53-79-61-65(81-55-51-47-43-39-35-31-27-23-19-15-11-7-3)57-63-59-67(74)72(69(63)76)83-71(78)84-73-68(75)60-64(70(73)77)58-66(82-56-52-48-44-40-36-32-28-24-20-16-12-8-4)62-80-54-50-46-42-38-34-30-26-22-18-14-10-6-2/h63-66H,5-62H2,1-4H3/t63-,64-,65-,66-/m1/s1. The highest BCUT2D eigenvalue weighted by atomic mass is 16.9. The van der Waals surface area contributed by atoms with E-state index in [2.05, 4.69) is 27.7 Å². The van der Waals surface area contributed by atoms with E-state index in [4.69, 9.17) is 28.6 Å². The van der Waals surface area contributed by atoms with Crippen LogP contribution in [0.25, 0.3) is 0 Å². The minimum absolute atomic E-state index is 0.172. The zero-order chi connectivity index (χ0) is 60.6. The first kappa shape index (κ1) is 77.5. The van der Waals surface area contributed by atoms with Gasteiger partial charge < -0.3 is 18.9 Å². The minimum Gasteiger partial charge on any atom is -0.379 e. The van der Waals surface area contributed by atoms with Crippen molar-refractivity contribution >= 4 is 29.8 Å². The Balaban J connectivity index is 1.88. The number of hydroxylamine groups is 4. The molecular weight excluding hydrogens is 1060 g/mol. The second-order valence-electron chi connectivity index (χ2n) is 25.5. The maximum atomic E-state index is 13.7. The fourth-order valence-electron chi connectivity index (χ4n) is 12.0. The van der Waals surface area contributed by atoms with E-state index in [9.17, 15) is 24.0 Å². The molecule has 0 radical (unpaired) electrons. The van der Waals surface area contributed by atoms with Crippen molar-refractivity contribution in [2.24, 2.45) is 11.8 Å². The number of carbonyl (C=O) groups excluding carboxylic acids is 5. The van der Waals surface area contributed by atoms with Crippen molar-refractivity contribution in [3.63, 3.8) is 0 Å². The third kappa shape index (κ3) is 42.3. The van der Waals surface area contributed by atoms with Gasteiger partial charge in [0.05, 0.1) is 37.3 Å². The smallest absolute Gasteiger partial charge is 0.379 e. The summed E-state index contributed by atoms with van der Waals surface area (Å²) < 4.78 is 25.0. The molecule has 492 valence electrons. The molecule has 2 aliphatic rings. The normalized spacial score (nSPS) is 16.2. The first-order chi connectivity index (χ1) is 41.2. The monoisotopic (exact) mass is 1190 g/mol. The van der Waals surface area contributed by atoms with Crippen molar-refractivity contribution in [1.82, 2.24) is 10.1 Å². The molecule has 0 aromatic heterocycles. The Morgan fingerprint density at radius 3 is 0.786 bits per heavy atom. The summed E-state index contributed by atoms with van der Waals surface area (Å²) in [6.07, 6.45) is 57.9. The number of hydrogen-bond acceptors (Lipinski definition) is 11. The molecular formula is C71H132N2O11. The molecule has 0 aromatic carbocycles. The summed E-state index contributed by atoms with van der Waals surface area (Å²) in [6.45, 7) is 11.9. The molecule has 0 saturated carbocycles. The van der Waals surface area contributed by atoms with Crippen molar-refractivity contribution in [1.29, 1.82) is 0 Å². The first-order valence-corrected chi connectivity index (χ1v) is 36.3. The van der Waals surface area contributed by atoms with Crippen LogP contribution in [0.5, 0.6) is 0 Å². The van der Waals surface area contributed by atoms with Crippen molar-refractivity contribution in [3.05, 3.63) is 0 Å². The third-order valence-electron chi connectivity index (χ3n) is 17.4. The molecule has 84 heavy (non-hydrogen) atoms. The molecule has 2 heterocycles. The zero-order valence-corrected chi connectivity index (χ0v) is 55.2. The lowest BCUT2D eigenvalue weighted by atomic mass is 10.00. The fraction of sp³-hybridized carbons (Fsp3) is 0.930. The molecule has 2 rings (SSSR count). The molecule has 4 atom stereocenters. The van der Waals surface area contributed by atoms with Gasteiger partial charge in [-0.3, -0.25) is 28.9 Å². The molecule has 13 heteroatoms. The molecule has 2 saturated heterocycles. The van der Waals surface area contributed by atoms with Crippen molar-refractivity contribution in [3.8, 4) is 0 Å². The number of ether oxygens (including phenoxy) is 4. The Morgan fingerprint density at radius 1 is 0.333 bits per heavy atom. The second kappa shape index (κ2) is 56.9. The Hall–Kier alpha value is -2.61. The number of rotatable bonds is 64. The van der Waals surface area contributed by atoms with Gasteiger partial charge in [0, 0.05) is 39.3 Å². The van der Waals surface area contributed by atoms with Crippen LogP contribution in [-0.4, -0.2) is 91.8 Å². The van der Waals surface area contributed by atoms with E-state index in [1.807, 2.05) is 0 Å². The number of hydrogen-bond donors (Lipinski definition) is 0. The minimum atomic E-state index is -1.50. The highest BCUT2D eigenvalue weighted by molar-refractivity contribution is 6.04. The van der Waals surface area contributed by atoms with Crippen molar-refractivity contribution in [2.45, 2.75) is 374 Å². The van der Waals surface area contributed by atoms with Crippen molar-refractivity contribution < 1.29 is 52.6 Å². The van der Waals surface area contributed by atoms with Crippen LogP contribution >= 0.6 is 0 Å². The summed E-state index contributed by atoms with van der Waals surface area (Å²) in [4.78, 5) is 77.4. The van der Waals surface area contributed by atoms with Gasteiger partial charge in [-0.15, -0.1) is 0 Å². The predicted octanol–water partition coefficient (Wildman–Crippen LogP) is 20.1. The summed E-state index contributed by atoms with van der Waals surface area (Å²) in [5.74, 6) is -4.36. The van der Waals surface area contributed by atoms with Crippen LogP contribution in [0.4, 0.5) is 4.79 Å². The van der Waals surface area contributed by atoms with E-state index in [0.717, 1.165) is 64.2 Å². The molecule has 2 aliphatic heterocycles. The van der Waals surface area contributed by atoms with Gasteiger partial charge in [0.1, 0.15) is 0 Å². The molecule has 13 nitrogen and oxygen atoms in total. The largest absolute Gasteiger partial charge is 0.560 e. The van der Waals surface area contributed by atoms with Crippen LogP contribution in [0.1, 0.15) is 362 Å². The topological polar surface area (TPSA) is 147 Å². The highest BCUT2D eigenvalue weighted by Gasteiger charge is 2.46. The van der Waals surface area contributed by atoms with E-state index in [1.165, 1.54) is 244 Å². The molecule has 0 spiro atoms. The SMILES string of the molecule is CCCCCCCCCCCCCCOC[C@@H](C[C@@H]1CC(=O)N(OC(=O)ON2C(=O)C[C@@H](C[C@H](COCCCCCCCCCCCCCC)OCCCCCCCCCCCCCC)C2=O)C1=O)OCCCCCCCCCCCCCC. The Bertz CT molecular complexity index is 1460. The van der Waals surface area contributed by atoms with Gasteiger partial charge in [-0.25, -0.2) is 0 Å². The number of nitrogens with zero attached hydrogens (tertiary/aromatic N) is 2. The Labute approximate surface area is 515 Å². The Kier molecular flexibility index (Phi) is 52.5. The molecule has 0 unspecified atom stereocenters. The van der Waals surface area contributed by atoms with Gasteiger partial charge in [0.25, 0.3) is 23.6 Å². The zero-order valence-electron chi connectivity index (χ0n) is 55.2. The molecule has 0 aliphatic carbocycles. The first-order valence-electron chi connectivity index (χ1n) is 36.3. The van der Waals surface area contributed by atoms with E-state index in [1.54, 1.807) is 0 Å². The predicted molar refractivity (Wildman–Crippen MR) is 342 cm³/mol. The molecule has 0 aromatic rings.